The van der Waals surface area contributed by atoms with Gasteiger partial charge in [-0.05, 0) is 6.92 Å². The molecule has 0 aliphatic carbocycles. The summed E-state index contributed by atoms with van der Waals surface area (Å²) in [5.41, 5.74) is 6.17. The van der Waals surface area contributed by atoms with Crippen LogP contribution in [0, 0.1) is 5.41 Å². The predicted molar refractivity (Wildman–Crippen MR) is 17.7 cm³/mol. The van der Waals surface area contributed by atoms with E-state index in [1.54, 1.807) is 0 Å². The van der Waals surface area contributed by atoms with Gasteiger partial charge in [0.05, 0.1) is 0 Å². The molecular formula is C2H5KN2. The van der Waals surface area contributed by atoms with Crippen LogP contribution in [-0.2, 0) is 0 Å². The Morgan fingerprint density at radius 1 is 1.80 bits per heavy atom. The van der Waals surface area contributed by atoms with Crippen LogP contribution in [0.5, 0.6) is 0 Å². The molecule has 0 aliphatic rings. The van der Waals surface area contributed by atoms with Crippen molar-refractivity contribution in [3.8, 4) is 0 Å². The predicted octanol–water partition coefficient (Wildman–Crippen LogP) is -1.96. The van der Waals surface area contributed by atoms with Gasteiger partial charge < -0.3 is 11.1 Å². The molecule has 0 aromatic carbocycles. The summed E-state index contributed by atoms with van der Waals surface area (Å²) in [4.78, 5) is 0. The van der Waals surface area contributed by atoms with Crippen LogP contribution in [-0.4, -0.2) is 5.84 Å². The van der Waals surface area contributed by atoms with Crippen LogP contribution in [0.15, 0.2) is 0 Å². The van der Waals surface area contributed by atoms with Crippen molar-refractivity contribution in [1.29, 1.82) is 5.41 Å². The fourth-order valence-corrected chi connectivity index (χ4v) is 0. The molecular weight excluding hydrogens is 91.1 g/mol. The van der Waals surface area contributed by atoms with E-state index >= 15 is 0 Å². The van der Waals surface area contributed by atoms with Gasteiger partial charge in [-0.25, -0.2) is 0 Å². The average molecular weight is 96.2 g/mol. The summed E-state index contributed by atoms with van der Waals surface area (Å²) in [7, 11) is 0. The first-order chi connectivity index (χ1) is 1.73. The maximum absolute atomic E-state index is 6.17. The van der Waals surface area contributed by atoms with E-state index in [4.69, 9.17) is 11.1 Å². The summed E-state index contributed by atoms with van der Waals surface area (Å²) in [5.74, 6) is -0.0833. The smallest absolute Gasteiger partial charge is 0.486 e. The molecule has 0 amide bonds. The molecule has 0 aromatic rings. The van der Waals surface area contributed by atoms with Crippen molar-refractivity contribution in [2.75, 3.05) is 0 Å². The van der Waals surface area contributed by atoms with Crippen LogP contribution in [0.1, 0.15) is 6.92 Å². The minimum absolute atomic E-state index is 0. The standard InChI is InChI=1S/C2H5N2.K/c1-2(3)4;/h1H3,(H2-,3,4);/q-1;+1. The Labute approximate surface area is 74.1 Å². The number of amidine groups is 1. The fourth-order valence-electron chi connectivity index (χ4n) is 0. The molecule has 0 fully saturated rings. The third kappa shape index (κ3) is 40.3. The molecule has 0 rings (SSSR count). The topological polar surface area (TPSA) is 47.7 Å². The summed E-state index contributed by atoms with van der Waals surface area (Å²) in [6.07, 6.45) is 0. The molecule has 0 saturated heterocycles. The molecule has 0 spiro atoms. The van der Waals surface area contributed by atoms with Crippen molar-refractivity contribution >= 4 is 5.84 Å². The molecule has 0 aliphatic heterocycles. The molecule has 24 valence electrons. The third-order valence-electron chi connectivity index (χ3n) is 0. The monoisotopic (exact) mass is 96.0 g/mol. The Hall–Kier alpha value is 1.11. The molecule has 0 unspecified atom stereocenters. The second kappa shape index (κ2) is 5.11. The Kier molecular flexibility index (Phi) is 9.64. The Morgan fingerprint density at radius 2 is 1.80 bits per heavy atom. The molecule has 0 aromatic heterocycles. The largest absolute Gasteiger partial charge is 1.00 e. The number of nitrogens with one attached hydrogen (secondary N) is 2. The molecule has 0 heterocycles. The van der Waals surface area contributed by atoms with Crippen LogP contribution in [0.25, 0.3) is 5.73 Å². The zero-order valence-corrected chi connectivity index (χ0v) is 6.62. The van der Waals surface area contributed by atoms with E-state index < -0.39 is 0 Å². The van der Waals surface area contributed by atoms with Crippen molar-refractivity contribution in [2.45, 2.75) is 6.92 Å². The molecule has 2 nitrogen and oxygen atoms in total. The van der Waals surface area contributed by atoms with E-state index in [-0.39, 0.29) is 57.2 Å². The average Bonchev–Trinajstić information content (AvgIpc) is 0.811. The zero-order chi connectivity index (χ0) is 3.58. The first kappa shape index (κ1) is 9.44. The van der Waals surface area contributed by atoms with Gasteiger partial charge in [0.2, 0.25) is 0 Å². The van der Waals surface area contributed by atoms with Gasteiger partial charge >= 0.3 is 51.4 Å². The first-order valence-electron chi connectivity index (χ1n) is 1.00. The van der Waals surface area contributed by atoms with Gasteiger partial charge in [0.1, 0.15) is 0 Å². The molecule has 0 bridgehead atoms. The number of hydrogen-bond acceptors (Lipinski definition) is 1. The number of hydrogen-bond donors (Lipinski definition) is 1. The first-order valence-corrected chi connectivity index (χ1v) is 1.00. The zero-order valence-electron chi connectivity index (χ0n) is 3.50. The Bertz CT molecular complexity index is 30.6. The Balaban J connectivity index is 0. The van der Waals surface area contributed by atoms with Gasteiger partial charge in [0.25, 0.3) is 0 Å². The van der Waals surface area contributed by atoms with E-state index in [0.29, 0.717) is 0 Å². The number of rotatable bonds is 0. The van der Waals surface area contributed by atoms with Crippen molar-refractivity contribution in [3.05, 3.63) is 5.73 Å². The minimum Gasteiger partial charge on any atom is -0.486 e. The molecule has 0 atom stereocenters. The van der Waals surface area contributed by atoms with Gasteiger partial charge in [0, 0.05) is 0 Å². The van der Waals surface area contributed by atoms with Crippen molar-refractivity contribution in [1.82, 2.24) is 0 Å². The summed E-state index contributed by atoms with van der Waals surface area (Å²) in [6.45, 7) is 1.42. The SMILES string of the molecule is CC(=N)[NH-].[K+]. The van der Waals surface area contributed by atoms with E-state index in [0.717, 1.165) is 0 Å². The molecule has 2 N–H and O–H groups in total. The summed E-state index contributed by atoms with van der Waals surface area (Å²) in [5, 5.41) is 6.17. The Morgan fingerprint density at radius 3 is 1.80 bits per heavy atom. The molecule has 0 radical (unpaired) electrons. The van der Waals surface area contributed by atoms with E-state index in [9.17, 15) is 0 Å². The van der Waals surface area contributed by atoms with Crippen LogP contribution in [0.2, 0.25) is 0 Å². The second-order valence-electron chi connectivity index (χ2n) is 0.625. The minimum atomic E-state index is -0.0833. The molecule has 0 saturated carbocycles. The van der Waals surface area contributed by atoms with Gasteiger partial charge in [0.15, 0.2) is 0 Å². The normalized spacial score (nSPS) is 5.00. The maximum Gasteiger partial charge on any atom is 1.00 e. The van der Waals surface area contributed by atoms with E-state index in [1.807, 2.05) is 0 Å². The van der Waals surface area contributed by atoms with Crippen LogP contribution < -0.4 is 51.4 Å². The fraction of sp³-hybridized carbons (Fsp3) is 0.500. The molecule has 3 heteroatoms. The van der Waals surface area contributed by atoms with Crippen LogP contribution in [0.4, 0.5) is 0 Å². The van der Waals surface area contributed by atoms with Crippen molar-refractivity contribution < 1.29 is 51.4 Å². The third-order valence-corrected chi connectivity index (χ3v) is 0. The summed E-state index contributed by atoms with van der Waals surface area (Å²) >= 11 is 0. The van der Waals surface area contributed by atoms with Crippen molar-refractivity contribution in [2.24, 2.45) is 0 Å². The summed E-state index contributed by atoms with van der Waals surface area (Å²) < 4.78 is 0. The summed E-state index contributed by atoms with van der Waals surface area (Å²) in [6, 6.07) is 0. The van der Waals surface area contributed by atoms with Gasteiger partial charge in [-0.3, -0.25) is 0 Å². The van der Waals surface area contributed by atoms with Gasteiger partial charge in [-0.15, -0.1) is 0 Å². The van der Waals surface area contributed by atoms with E-state index in [1.165, 1.54) is 6.92 Å². The maximum atomic E-state index is 6.17. The van der Waals surface area contributed by atoms with E-state index in [2.05, 4.69) is 0 Å². The van der Waals surface area contributed by atoms with Gasteiger partial charge in [-0.2, -0.15) is 0 Å². The van der Waals surface area contributed by atoms with Gasteiger partial charge in [-0.1, -0.05) is 5.84 Å². The van der Waals surface area contributed by atoms with Crippen molar-refractivity contribution in [3.63, 3.8) is 0 Å². The van der Waals surface area contributed by atoms with Crippen LogP contribution >= 0.6 is 0 Å². The quantitative estimate of drug-likeness (QED) is 0.207. The van der Waals surface area contributed by atoms with Crippen LogP contribution in [0.3, 0.4) is 0 Å². The molecule has 5 heavy (non-hydrogen) atoms. The second-order valence-corrected chi connectivity index (χ2v) is 0.625.